The average molecular weight is 275 g/mol. The van der Waals surface area contributed by atoms with E-state index >= 15 is 0 Å². The lowest BCUT2D eigenvalue weighted by Gasteiger charge is -2.27. The number of ether oxygens (including phenoxy) is 1. The highest BCUT2D eigenvalue weighted by Crippen LogP contribution is 2.42. The van der Waals surface area contributed by atoms with Crippen molar-refractivity contribution in [3.8, 4) is 5.75 Å². The molecule has 0 radical (unpaired) electrons. The Morgan fingerprint density at radius 2 is 1.90 bits per heavy atom. The molecular weight excluding hydrogens is 260 g/mol. The highest BCUT2D eigenvalue weighted by molar-refractivity contribution is 5.50. The maximum absolute atomic E-state index is 14.1. The quantitative estimate of drug-likeness (QED) is 0.914. The molecule has 0 amide bonds. The number of aryl methyl sites for hydroxylation is 1. The molecule has 1 atom stereocenters. The van der Waals surface area contributed by atoms with Crippen LogP contribution in [0.15, 0.2) is 36.4 Å². The summed E-state index contributed by atoms with van der Waals surface area (Å²) in [4.78, 5) is 0. The number of hydrogen-bond acceptors (Lipinski definition) is 2. The van der Waals surface area contributed by atoms with Gasteiger partial charge in [-0.1, -0.05) is 6.07 Å². The van der Waals surface area contributed by atoms with E-state index in [4.69, 9.17) is 10.5 Å². The second kappa shape index (κ2) is 4.56. The van der Waals surface area contributed by atoms with E-state index in [1.807, 2.05) is 18.2 Å². The minimum absolute atomic E-state index is 0.199. The topological polar surface area (TPSA) is 35.2 Å². The van der Waals surface area contributed by atoms with Crippen molar-refractivity contribution in [1.29, 1.82) is 0 Å². The number of benzene rings is 2. The number of halogens is 2. The van der Waals surface area contributed by atoms with Gasteiger partial charge in [-0.3, -0.25) is 0 Å². The Kier molecular flexibility index (Phi) is 2.98. The average Bonchev–Trinajstić information content (AvgIpc) is 2.79. The van der Waals surface area contributed by atoms with Crippen molar-refractivity contribution < 1.29 is 13.5 Å². The molecule has 2 N–H and O–H groups in total. The van der Waals surface area contributed by atoms with Gasteiger partial charge < -0.3 is 10.5 Å². The maximum Gasteiger partial charge on any atom is 0.128 e. The van der Waals surface area contributed by atoms with Gasteiger partial charge in [0, 0.05) is 5.56 Å². The van der Waals surface area contributed by atoms with Crippen LogP contribution in [0.5, 0.6) is 5.75 Å². The van der Waals surface area contributed by atoms with E-state index < -0.39 is 17.2 Å². The van der Waals surface area contributed by atoms with Gasteiger partial charge in [-0.25, -0.2) is 8.78 Å². The first kappa shape index (κ1) is 13.1. The van der Waals surface area contributed by atoms with Crippen molar-refractivity contribution in [2.45, 2.75) is 18.4 Å². The molecule has 0 bridgehead atoms. The molecule has 104 valence electrons. The van der Waals surface area contributed by atoms with Crippen molar-refractivity contribution in [3.63, 3.8) is 0 Å². The van der Waals surface area contributed by atoms with Crippen molar-refractivity contribution >= 4 is 0 Å². The number of methoxy groups -OCH3 is 1. The Morgan fingerprint density at radius 1 is 1.10 bits per heavy atom. The molecule has 0 aromatic heterocycles. The third kappa shape index (κ3) is 1.88. The molecule has 2 aromatic carbocycles. The van der Waals surface area contributed by atoms with E-state index in [1.54, 1.807) is 7.11 Å². The van der Waals surface area contributed by atoms with Crippen LogP contribution >= 0.6 is 0 Å². The van der Waals surface area contributed by atoms with Crippen LogP contribution in [-0.2, 0) is 12.0 Å². The van der Waals surface area contributed by atoms with Gasteiger partial charge in [-0.15, -0.1) is 0 Å². The number of rotatable bonds is 2. The standard InChI is InChI=1S/C16H15F2NO/c1-20-12-4-2-10-6-7-16(19,13(10)9-12)14-8-11(17)3-5-15(14)18/h2-5,8-9H,6-7,19H2,1H3. The second-order valence-corrected chi connectivity index (χ2v) is 5.12. The Labute approximate surface area is 116 Å². The normalized spacial score (nSPS) is 20.8. The van der Waals surface area contributed by atoms with E-state index in [0.29, 0.717) is 12.2 Å². The number of nitrogens with two attached hydrogens (primary N) is 1. The molecule has 0 saturated heterocycles. The lowest BCUT2D eigenvalue weighted by molar-refractivity contribution is 0.412. The summed E-state index contributed by atoms with van der Waals surface area (Å²) in [6.45, 7) is 0. The largest absolute Gasteiger partial charge is 0.497 e. The molecule has 1 aliphatic rings. The lowest BCUT2D eigenvalue weighted by Crippen LogP contribution is -2.36. The molecule has 2 aromatic rings. The third-order valence-electron chi connectivity index (χ3n) is 4.00. The summed E-state index contributed by atoms with van der Waals surface area (Å²) in [5.41, 5.74) is 7.48. The Balaban J connectivity index is 2.18. The fraction of sp³-hybridized carbons (Fsp3) is 0.250. The van der Waals surface area contributed by atoms with Gasteiger partial charge in [0.1, 0.15) is 17.4 Å². The van der Waals surface area contributed by atoms with Crippen LogP contribution in [0.3, 0.4) is 0 Å². The summed E-state index contributed by atoms with van der Waals surface area (Å²) >= 11 is 0. The van der Waals surface area contributed by atoms with Crippen molar-refractivity contribution in [2.24, 2.45) is 5.73 Å². The SMILES string of the molecule is COc1ccc2c(c1)C(N)(c1cc(F)ccc1F)CC2. The first-order chi connectivity index (χ1) is 9.54. The number of hydrogen-bond donors (Lipinski definition) is 1. The fourth-order valence-electron chi connectivity index (χ4n) is 2.90. The van der Waals surface area contributed by atoms with E-state index in [2.05, 4.69) is 0 Å². The summed E-state index contributed by atoms with van der Waals surface area (Å²) in [6.07, 6.45) is 1.29. The van der Waals surface area contributed by atoms with Gasteiger partial charge >= 0.3 is 0 Å². The third-order valence-corrected chi connectivity index (χ3v) is 4.00. The second-order valence-electron chi connectivity index (χ2n) is 5.12. The van der Waals surface area contributed by atoms with E-state index in [0.717, 1.165) is 29.7 Å². The molecule has 20 heavy (non-hydrogen) atoms. The Bertz CT molecular complexity index is 672. The van der Waals surface area contributed by atoms with E-state index in [-0.39, 0.29) is 5.56 Å². The van der Waals surface area contributed by atoms with Gasteiger partial charge in [0.15, 0.2) is 0 Å². The summed E-state index contributed by atoms with van der Waals surface area (Å²) in [7, 11) is 1.57. The monoisotopic (exact) mass is 275 g/mol. The van der Waals surface area contributed by atoms with Crippen molar-refractivity contribution in [1.82, 2.24) is 0 Å². The molecule has 0 spiro atoms. The van der Waals surface area contributed by atoms with E-state index in [1.165, 1.54) is 6.07 Å². The molecule has 4 heteroatoms. The molecule has 0 heterocycles. The van der Waals surface area contributed by atoms with Gasteiger partial charge in [-0.2, -0.15) is 0 Å². The van der Waals surface area contributed by atoms with Gasteiger partial charge in [0.2, 0.25) is 0 Å². The van der Waals surface area contributed by atoms with E-state index in [9.17, 15) is 8.78 Å². The maximum atomic E-state index is 14.1. The van der Waals surface area contributed by atoms with Gasteiger partial charge in [-0.05, 0) is 54.3 Å². The summed E-state index contributed by atoms with van der Waals surface area (Å²) in [6, 6.07) is 9.00. The van der Waals surface area contributed by atoms with Crippen molar-refractivity contribution in [2.75, 3.05) is 7.11 Å². The Morgan fingerprint density at radius 3 is 2.65 bits per heavy atom. The minimum Gasteiger partial charge on any atom is -0.497 e. The molecular formula is C16H15F2NO. The highest BCUT2D eigenvalue weighted by Gasteiger charge is 2.39. The molecule has 1 aliphatic carbocycles. The van der Waals surface area contributed by atoms with Crippen LogP contribution in [0.1, 0.15) is 23.1 Å². The first-order valence-electron chi connectivity index (χ1n) is 6.46. The zero-order valence-electron chi connectivity index (χ0n) is 11.1. The summed E-state index contributed by atoms with van der Waals surface area (Å²) < 4.78 is 32.7. The zero-order valence-corrected chi connectivity index (χ0v) is 11.1. The predicted octanol–water partition coefficient (Wildman–Crippen LogP) is 3.12. The molecule has 0 fully saturated rings. The van der Waals surface area contributed by atoms with Crippen LogP contribution in [0.25, 0.3) is 0 Å². The van der Waals surface area contributed by atoms with Crippen LogP contribution in [0, 0.1) is 11.6 Å². The van der Waals surface area contributed by atoms with Crippen LogP contribution in [0.2, 0.25) is 0 Å². The van der Waals surface area contributed by atoms with Gasteiger partial charge in [0.25, 0.3) is 0 Å². The molecule has 0 saturated carbocycles. The zero-order chi connectivity index (χ0) is 14.3. The summed E-state index contributed by atoms with van der Waals surface area (Å²) in [5, 5.41) is 0. The molecule has 3 rings (SSSR count). The number of fused-ring (bicyclic) bond motifs is 1. The smallest absolute Gasteiger partial charge is 0.128 e. The lowest BCUT2D eigenvalue weighted by atomic mass is 9.84. The highest BCUT2D eigenvalue weighted by atomic mass is 19.1. The van der Waals surface area contributed by atoms with Crippen molar-refractivity contribution in [3.05, 3.63) is 64.7 Å². The fourth-order valence-corrected chi connectivity index (χ4v) is 2.90. The summed E-state index contributed by atoms with van der Waals surface area (Å²) in [5.74, 6) is -0.301. The van der Waals surface area contributed by atoms with Crippen LogP contribution in [0.4, 0.5) is 8.78 Å². The minimum atomic E-state index is -1.00. The first-order valence-corrected chi connectivity index (χ1v) is 6.46. The Hall–Kier alpha value is -1.94. The molecule has 2 nitrogen and oxygen atoms in total. The van der Waals surface area contributed by atoms with Gasteiger partial charge in [0.05, 0.1) is 12.6 Å². The predicted molar refractivity (Wildman–Crippen MR) is 72.6 cm³/mol. The molecule has 0 aliphatic heterocycles. The molecule has 1 unspecified atom stereocenters. The van der Waals surface area contributed by atoms with Crippen LogP contribution in [-0.4, -0.2) is 7.11 Å². The van der Waals surface area contributed by atoms with Crippen LogP contribution < -0.4 is 10.5 Å².